The molecule has 1 aromatic heterocycles. The van der Waals surface area contributed by atoms with Gasteiger partial charge in [-0.1, -0.05) is 48.5 Å². The Kier molecular flexibility index (Phi) is 2.01. The Balaban J connectivity index is 1.91. The second-order valence-corrected chi connectivity index (χ2v) is 6.63. The van der Waals surface area contributed by atoms with E-state index < -0.39 is 0 Å². The van der Waals surface area contributed by atoms with Crippen LogP contribution in [0.3, 0.4) is 0 Å². The summed E-state index contributed by atoms with van der Waals surface area (Å²) in [6, 6.07) is 22.4. The van der Waals surface area contributed by atoms with Gasteiger partial charge in [-0.15, -0.1) is 0 Å². The maximum atomic E-state index is 3.65. The molecule has 5 aromatic rings. The zero-order chi connectivity index (χ0) is 15.0. The van der Waals surface area contributed by atoms with Gasteiger partial charge in [-0.3, -0.25) is 0 Å². The van der Waals surface area contributed by atoms with Gasteiger partial charge in [0.1, 0.15) is 0 Å². The van der Waals surface area contributed by atoms with E-state index in [1.54, 1.807) is 0 Å². The van der Waals surface area contributed by atoms with Gasteiger partial charge in [-0.05, 0) is 52.3 Å². The molecular formula is C22H15N. The molecule has 0 fully saturated rings. The molecular weight excluding hydrogens is 278 g/mol. The van der Waals surface area contributed by atoms with Crippen LogP contribution in [-0.2, 0) is 12.8 Å². The van der Waals surface area contributed by atoms with Crippen molar-refractivity contribution in [2.75, 3.05) is 0 Å². The molecule has 108 valence electrons. The first-order chi connectivity index (χ1) is 11.4. The van der Waals surface area contributed by atoms with Gasteiger partial charge >= 0.3 is 0 Å². The van der Waals surface area contributed by atoms with Crippen molar-refractivity contribution in [3.05, 3.63) is 71.8 Å². The molecule has 0 bridgehead atoms. The molecule has 0 aliphatic heterocycles. The fourth-order valence-corrected chi connectivity index (χ4v) is 4.45. The van der Waals surface area contributed by atoms with Crippen LogP contribution >= 0.6 is 0 Å². The van der Waals surface area contributed by atoms with Crippen molar-refractivity contribution >= 4 is 43.4 Å². The Morgan fingerprint density at radius 2 is 1.43 bits per heavy atom. The number of nitrogens with one attached hydrogen (secondary N) is 1. The second-order valence-electron chi connectivity index (χ2n) is 6.63. The third kappa shape index (κ3) is 1.38. The summed E-state index contributed by atoms with van der Waals surface area (Å²) in [4.78, 5) is 3.65. The lowest BCUT2D eigenvalue weighted by molar-refractivity contribution is 1.03. The third-order valence-corrected chi connectivity index (χ3v) is 5.47. The maximum absolute atomic E-state index is 3.65. The van der Waals surface area contributed by atoms with Crippen LogP contribution in [0.25, 0.3) is 43.4 Å². The van der Waals surface area contributed by atoms with E-state index in [1.807, 2.05) is 0 Å². The molecule has 0 saturated heterocycles. The molecule has 0 radical (unpaired) electrons. The average Bonchev–Trinajstić information content (AvgIpc) is 3.18. The number of H-pyrrole nitrogens is 1. The van der Waals surface area contributed by atoms with Crippen LogP contribution in [0.1, 0.15) is 11.1 Å². The molecule has 23 heavy (non-hydrogen) atoms. The molecule has 0 spiro atoms. The number of para-hydroxylation sites is 1. The maximum Gasteiger partial charge on any atom is 0.0544 e. The van der Waals surface area contributed by atoms with Crippen LogP contribution in [0.4, 0.5) is 0 Å². The van der Waals surface area contributed by atoms with Crippen LogP contribution in [0.15, 0.2) is 60.7 Å². The monoisotopic (exact) mass is 293 g/mol. The van der Waals surface area contributed by atoms with Gasteiger partial charge in [0.2, 0.25) is 0 Å². The number of aromatic nitrogens is 1. The van der Waals surface area contributed by atoms with Crippen molar-refractivity contribution in [3.8, 4) is 0 Å². The van der Waals surface area contributed by atoms with E-state index >= 15 is 0 Å². The molecule has 1 nitrogen and oxygen atoms in total. The average molecular weight is 293 g/mol. The molecule has 6 rings (SSSR count). The first-order valence-electron chi connectivity index (χ1n) is 8.27. The molecule has 0 unspecified atom stereocenters. The van der Waals surface area contributed by atoms with Gasteiger partial charge in [0.05, 0.1) is 5.52 Å². The molecule has 1 heterocycles. The minimum atomic E-state index is 1.17. The van der Waals surface area contributed by atoms with E-state index in [0.29, 0.717) is 0 Å². The highest BCUT2D eigenvalue weighted by atomic mass is 14.7. The summed E-state index contributed by atoms with van der Waals surface area (Å²) in [5, 5.41) is 8.28. The minimum absolute atomic E-state index is 1.17. The van der Waals surface area contributed by atoms with E-state index in [4.69, 9.17) is 0 Å². The number of fused-ring (bicyclic) bond motifs is 6. The molecule has 0 amide bonds. The number of aryl methyl sites for hydroxylation is 2. The van der Waals surface area contributed by atoms with Crippen molar-refractivity contribution in [2.24, 2.45) is 0 Å². The molecule has 1 aliphatic rings. The van der Waals surface area contributed by atoms with E-state index in [9.17, 15) is 0 Å². The Labute approximate surface area is 133 Å². The Morgan fingerprint density at radius 3 is 2.43 bits per heavy atom. The Bertz CT molecular complexity index is 1260. The number of benzene rings is 4. The lowest BCUT2D eigenvalue weighted by atomic mass is 9.96. The summed E-state index contributed by atoms with van der Waals surface area (Å²) in [6.45, 7) is 0. The van der Waals surface area contributed by atoms with Gasteiger partial charge in [0.15, 0.2) is 0 Å². The molecule has 1 aliphatic carbocycles. The van der Waals surface area contributed by atoms with Gasteiger partial charge in [0.25, 0.3) is 0 Å². The topological polar surface area (TPSA) is 15.8 Å². The fraction of sp³-hybridized carbons (Fsp3) is 0.0909. The third-order valence-electron chi connectivity index (χ3n) is 5.47. The summed E-state index contributed by atoms with van der Waals surface area (Å²) in [5.74, 6) is 0. The van der Waals surface area contributed by atoms with Crippen molar-refractivity contribution in [1.82, 2.24) is 4.98 Å². The van der Waals surface area contributed by atoms with Crippen LogP contribution in [0, 0.1) is 0 Å². The van der Waals surface area contributed by atoms with Crippen molar-refractivity contribution < 1.29 is 0 Å². The van der Waals surface area contributed by atoms with E-state index in [1.165, 1.54) is 67.3 Å². The Hall–Kier alpha value is -2.80. The Morgan fingerprint density at radius 1 is 0.609 bits per heavy atom. The zero-order valence-electron chi connectivity index (χ0n) is 12.7. The first kappa shape index (κ1) is 11.7. The van der Waals surface area contributed by atoms with Gasteiger partial charge < -0.3 is 4.98 Å². The van der Waals surface area contributed by atoms with Crippen LogP contribution in [0.2, 0.25) is 0 Å². The van der Waals surface area contributed by atoms with E-state index in [-0.39, 0.29) is 0 Å². The fourth-order valence-electron chi connectivity index (χ4n) is 4.45. The standard InChI is InChI=1S/C22H15N/c1-2-7-20-16(5-1)18-11-10-15-17-6-3-4-13-8-9-14(21(13)17)12-19(15)22(18)23-20/h1-7,10-12,23H,8-9H2. The first-order valence-corrected chi connectivity index (χ1v) is 8.27. The lowest BCUT2D eigenvalue weighted by Crippen LogP contribution is -1.84. The number of aromatic amines is 1. The minimum Gasteiger partial charge on any atom is -0.354 e. The quantitative estimate of drug-likeness (QED) is 0.351. The van der Waals surface area contributed by atoms with Crippen LogP contribution in [0.5, 0.6) is 0 Å². The molecule has 1 heteroatoms. The van der Waals surface area contributed by atoms with E-state index in [2.05, 4.69) is 65.6 Å². The van der Waals surface area contributed by atoms with Gasteiger partial charge in [0, 0.05) is 21.7 Å². The predicted octanol–water partition coefficient (Wildman–Crippen LogP) is 5.73. The predicted molar refractivity (Wildman–Crippen MR) is 98.2 cm³/mol. The number of hydrogen-bond acceptors (Lipinski definition) is 0. The largest absolute Gasteiger partial charge is 0.354 e. The van der Waals surface area contributed by atoms with Gasteiger partial charge in [-0.2, -0.15) is 0 Å². The zero-order valence-corrected chi connectivity index (χ0v) is 12.7. The summed E-state index contributed by atoms with van der Waals surface area (Å²) in [5.41, 5.74) is 5.52. The molecule has 0 saturated carbocycles. The number of rotatable bonds is 0. The highest BCUT2D eigenvalue weighted by Crippen LogP contribution is 2.39. The normalized spacial score (nSPS) is 13.7. The lowest BCUT2D eigenvalue weighted by Gasteiger charge is -2.08. The van der Waals surface area contributed by atoms with Gasteiger partial charge in [-0.25, -0.2) is 0 Å². The second kappa shape index (κ2) is 3.94. The molecule has 1 N–H and O–H groups in total. The highest BCUT2D eigenvalue weighted by Gasteiger charge is 2.17. The summed E-state index contributed by atoms with van der Waals surface area (Å²) >= 11 is 0. The number of hydrogen-bond donors (Lipinski definition) is 1. The van der Waals surface area contributed by atoms with Crippen molar-refractivity contribution in [3.63, 3.8) is 0 Å². The summed E-state index contributed by atoms with van der Waals surface area (Å²) < 4.78 is 0. The summed E-state index contributed by atoms with van der Waals surface area (Å²) in [7, 11) is 0. The van der Waals surface area contributed by atoms with Crippen molar-refractivity contribution in [2.45, 2.75) is 12.8 Å². The summed E-state index contributed by atoms with van der Waals surface area (Å²) in [6.07, 6.45) is 2.35. The smallest absolute Gasteiger partial charge is 0.0544 e. The molecule has 0 atom stereocenters. The SMILES string of the molecule is c1ccc2c(c1)[nH]c1c2ccc2c3cccc4c3c(cc21)CC4. The van der Waals surface area contributed by atoms with Crippen LogP contribution in [-0.4, -0.2) is 4.98 Å². The van der Waals surface area contributed by atoms with E-state index in [0.717, 1.165) is 0 Å². The van der Waals surface area contributed by atoms with Crippen LogP contribution < -0.4 is 0 Å². The molecule has 4 aromatic carbocycles. The highest BCUT2D eigenvalue weighted by molar-refractivity contribution is 6.22. The van der Waals surface area contributed by atoms with Crippen molar-refractivity contribution in [1.29, 1.82) is 0 Å².